The van der Waals surface area contributed by atoms with Crippen molar-refractivity contribution in [3.05, 3.63) is 93.6 Å². The molecule has 0 aliphatic carbocycles. The fourth-order valence-corrected chi connectivity index (χ4v) is 6.64. The normalized spacial score (nSPS) is 14.1. The van der Waals surface area contributed by atoms with Crippen LogP contribution in [0.5, 0.6) is 46.0 Å². The highest BCUT2D eigenvalue weighted by atomic mass is 16.6. The minimum absolute atomic E-state index is 0.0679. The number of fused-ring (bicyclic) bond motifs is 2. The molecule has 1 aromatic heterocycles. The summed E-state index contributed by atoms with van der Waals surface area (Å²) in [6.07, 6.45) is -1.45. The largest absolute Gasteiger partial charge is 0.484 e. The maximum absolute atomic E-state index is 15.3. The molecular weight excluding hydrogens is 816 g/mol. The van der Waals surface area contributed by atoms with Gasteiger partial charge in [0, 0.05) is 78.3 Å². The molecule has 0 fully saturated rings. The van der Waals surface area contributed by atoms with Crippen LogP contribution in [0.25, 0.3) is 22.3 Å². The minimum Gasteiger partial charge on any atom is -0.484 e. The second kappa shape index (κ2) is 17.6. The van der Waals surface area contributed by atoms with Crippen molar-refractivity contribution in [2.45, 2.75) is 60.5 Å². The van der Waals surface area contributed by atoms with Gasteiger partial charge in [-0.15, -0.1) is 0 Å². The Balaban J connectivity index is 1.73. The van der Waals surface area contributed by atoms with Crippen LogP contribution in [0.4, 0.5) is 0 Å². The first kappa shape index (κ1) is 43.4. The lowest BCUT2D eigenvalue weighted by Gasteiger charge is -2.34. The molecule has 0 bridgehead atoms. The summed E-state index contributed by atoms with van der Waals surface area (Å²) in [6, 6.07) is 14.0. The van der Waals surface area contributed by atoms with Gasteiger partial charge in [0.15, 0.2) is 22.7 Å². The van der Waals surface area contributed by atoms with E-state index < -0.39 is 93.2 Å². The van der Waals surface area contributed by atoms with Gasteiger partial charge in [0.25, 0.3) is 0 Å². The summed E-state index contributed by atoms with van der Waals surface area (Å²) < 4.78 is 50.4. The molecule has 318 valence electrons. The molecule has 62 heavy (non-hydrogen) atoms. The first-order valence-electron chi connectivity index (χ1n) is 18.4. The van der Waals surface area contributed by atoms with Crippen molar-refractivity contribution in [2.75, 3.05) is 0 Å². The molecule has 0 amide bonds. The first-order valence-corrected chi connectivity index (χ1v) is 18.4. The molecule has 0 unspecified atom stereocenters. The third kappa shape index (κ3) is 9.49. The van der Waals surface area contributed by atoms with E-state index in [2.05, 4.69) is 0 Å². The van der Waals surface area contributed by atoms with E-state index in [9.17, 15) is 38.4 Å². The van der Waals surface area contributed by atoms with Crippen molar-refractivity contribution in [3.63, 3.8) is 0 Å². The summed E-state index contributed by atoms with van der Waals surface area (Å²) in [5.41, 5.74) is -1.65. The van der Waals surface area contributed by atoms with Crippen LogP contribution in [-0.2, 0) is 33.6 Å². The summed E-state index contributed by atoms with van der Waals surface area (Å²) in [4.78, 5) is 115. The molecule has 1 aliphatic heterocycles. The Labute approximate surface area is 350 Å². The number of hydrogen-bond donors (Lipinski definition) is 0. The lowest BCUT2D eigenvalue weighted by Crippen LogP contribution is -2.31. The van der Waals surface area contributed by atoms with Crippen molar-refractivity contribution >= 4 is 58.5 Å². The molecular formula is C44H34O18. The molecule has 0 spiro atoms. The highest BCUT2D eigenvalue weighted by molar-refractivity contribution is 6.10. The number of ketones is 1. The van der Waals surface area contributed by atoms with Gasteiger partial charge in [-0.25, -0.2) is 0 Å². The lowest BCUT2D eigenvalue weighted by atomic mass is 9.79. The number of rotatable bonds is 10. The minimum atomic E-state index is -1.69. The molecule has 0 saturated heterocycles. The van der Waals surface area contributed by atoms with Gasteiger partial charge in [0.1, 0.15) is 62.9 Å². The van der Waals surface area contributed by atoms with Crippen LogP contribution in [0, 0.1) is 0 Å². The van der Waals surface area contributed by atoms with Gasteiger partial charge in [-0.1, -0.05) is 12.1 Å². The van der Waals surface area contributed by atoms with E-state index in [-0.39, 0.29) is 56.8 Å². The smallest absolute Gasteiger partial charge is 0.308 e. The molecule has 18 nitrogen and oxygen atoms in total. The van der Waals surface area contributed by atoms with Gasteiger partial charge < -0.3 is 42.3 Å². The summed E-state index contributed by atoms with van der Waals surface area (Å²) in [6.45, 7) is 7.70. The van der Waals surface area contributed by atoms with Gasteiger partial charge >= 0.3 is 41.8 Å². The number of carbonyl (C=O) groups excluding carboxylic acids is 8. The Hall–Kier alpha value is -8.15. The number of Topliss-reactive ketones (excluding diaryl/α,β-unsaturated/α-hetero) is 1. The summed E-state index contributed by atoms with van der Waals surface area (Å²) in [5.74, 6) is -10.3. The van der Waals surface area contributed by atoms with Gasteiger partial charge in [0.05, 0.1) is 11.5 Å². The van der Waals surface area contributed by atoms with E-state index >= 15 is 4.79 Å². The third-order valence-electron chi connectivity index (χ3n) is 8.63. The zero-order valence-corrected chi connectivity index (χ0v) is 33.9. The molecule has 2 atom stereocenters. The Morgan fingerprint density at radius 2 is 1.03 bits per heavy atom. The maximum atomic E-state index is 15.3. The quantitative estimate of drug-likeness (QED) is 0.115. The Morgan fingerprint density at radius 3 is 1.63 bits per heavy atom. The summed E-state index contributed by atoms with van der Waals surface area (Å²) in [5, 5.41) is -0.403. The maximum Gasteiger partial charge on any atom is 0.308 e. The fourth-order valence-electron chi connectivity index (χ4n) is 6.64. The summed E-state index contributed by atoms with van der Waals surface area (Å²) >= 11 is 0. The number of esters is 7. The van der Waals surface area contributed by atoms with E-state index in [0.717, 1.165) is 59.7 Å². The number of ether oxygens (including phenoxy) is 8. The lowest BCUT2D eigenvalue weighted by molar-refractivity contribution is -0.134. The molecule has 4 aromatic carbocycles. The standard InChI is InChI=1S/C44H34O18/c1-19(45)54-28-11-8-26(9-12-28)43-41(42(53)39-34(58-23(5)49)15-29(55-20(2)46)16-35(39)62-43)40-37(60-25(7)51)18-36(59-24(6)50)38-30(52)17-32(61-44(38)40)27-10-13-31(56-21(3)47)33(14-27)57-22(4)48/h8-18,41,43H,1-7H3/t41-,43+/m1/s1. The van der Waals surface area contributed by atoms with Crippen molar-refractivity contribution in [1.29, 1.82) is 0 Å². The average molecular weight is 851 g/mol. The molecule has 2 heterocycles. The van der Waals surface area contributed by atoms with E-state index in [1.165, 1.54) is 55.5 Å². The molecule has 0 N–H and O–H groups in total. The van der Waals surface area contributed by atoms with Crippen LogP contribution >= 0.6 is 0 Å². The summed E-state index contributed by atoms with van der Waals surface area (Å²) in [7, 11) is 0. The van der Waals surface area contributed by atoms with Crippen LogP contribution in [-0.4, -0.2) is 47.6 Å². The Kier molecular flexibility index (Phi) is 12.3. The SMILES string of the molecule is CC(=O)Oc1ccc([C@@H]2Oc3cc(OC(C)=O)cc(OC(C)=O)c3C(=O)[C@H]2c2c(OC(C)=O)cc(OC(C)=O)c3c(=O)cc(-c4ccc(OC(C)=O)c(OC(C)=O)c4)oc23)cc1. The van der Waals surface area contributed by atoms with Gasteiger partial charge in [0.2, 0.25) is 0 Å². The van der Waals surface area contributed by atoms with Crippen LogP contribution in [0.3, 0.4) is 0 Å². The second-order valence-electron chi connectivity index (χ2n) is 13.5. The molecule has 5 aromatic rings. The van der Waals surface area contributed by atoms with Crippen LogP contribution < -0.4 is 43.3 Å². The Morgan fingerprint density at radius 1 is 0.500 bits per heavy atom. The molecule has 18 heteroatoms. The monoisotopic (exact) mass is 850 g/mol. The van der Waals surface area contributed by atoms with E-state index in [0.29, 0.717) is 0 Å². The van der Waals surface area contributed by atoms with Gasteiger partial charge in [-0.3, -0.25) is 43.2 Å². The van der Waals surface area contributed by atoms with Crippen molar-refractivity contribution in [1.82, 2.24) is 0 Å². The van der Waals surface area contributed by atoms with E-state index in [4.69, 9.17) is 42.3 Å². The third-order valence-corrected chi connectivity index (χ3v) is 8.63. The van der Waals surface area contributed by atoms with Crippen LogP contribution in [0.2, 0.25) is 0 Å². The average Bonchev–Trinajstić information content (AvgIpc) is 3.14. The van der Waals surface area contributed by atoms with E-state index in [1.54, 1.807) is 0 Å². The number of carbonyl (C=O) groups is 8. The molecule has 6 rings (SSSR count). The van der Waals surface area contributed by atoms with Crippen LogP contribution in [0.15, 0.2) is 75.9 Å². The zero-order chi connectivity index (χ0) is 45.2. The van der Waals surface area contributed by atoms with Crippen molar-refractivity contribution in [3.8, 4) is 57.3 Å². The predicted octanol–water partition coefficient (Wildman–Crippen LogP) is 6.04. The van der Waals surface area contributed by atoms with E-state index in [1.807, 2.05) is 0 Å². The van der Waals surface area contributed by atoms with Gasteiger partial charge in [-0.05, 0) is 35.9 Å². The van der Waals surface area contributed by atoms with Crippen molar-refractivity contribution < 1.29 is 80.7 Å². The molecule has 1 aliphatic rings. The second-order valence-corrected chi connectivity index (χ2v) is 13.5. The number of hydrogen-bond acceptors (Lipinski definition) is 18. The van der Waals surface area contributed by atoms with Crippen molar-refractivity contribution in [2.24, 2.45) is 0 Å². The number of benzene rings is 4. The Bertz CT molecular complexity index is 2800. The van der Waals surface area contributed by atoms with Crippen LogP contribution in [0.1, 0.15) is 82.0 Å². The zero-order valence-electron chi connectivity index (χ0n) is 33.9. The predicted molar refractivity (Wildman–Crippen MR) is 210 cm³/mol. The fraction of sp³-hybridized carbons (Fsp3) is 0.205. The topological polar surface area (TPSA) is 241 Å². The molecule has 0 saturated carbocycles. The first-order chi connectivity index (χ1) is 29.3. The van der Waals surface area contributed by atoms with Gasteiger partial charge in [-0.2, -0.15) is 0 Å². The molecule has 0 radical (unpaired) electrons. The highest BCUT2D eigenvalue weighted by Gasteiger charge is 2.45. The highest BCUT2D eigenvalue weighted by Crippen LogP contribution is 2.53.